The summed E-state index contributed by atoms with van der Waals surface area (Å²) < 4.78 is 0. The molecule has 1 saturated heterocycles. The fourth-order valence-electron chi connectivity index (χ4n) is 7.01. The van der Waals surface area contributed by atoms with Gasteiger partial charge in [0.25, 0.3) is 0 Å². The Labute approximate surface area is 191 Å². The molecule has 1 amide bonds. The number of benzene rings is 1. The van der Waals surface area contributed by atoms with Crippen LogP contribution in [0.25, 0.3) is 0 Å². The molecular formula is C26H37N3OS. The van der Waals surface area contributed by atoms with Crippen LogP contribution in [0.15, 0.2) is 29.3 Å². The molecule has 1 aromatic rings. The lowest BCUT2D eigenvalue weighted by atomic mass is 9.53. The third-order valence-corrected chi connectivity index (χ3v) is 9.06. The summed E-state index contributed by atoms with van der Waals surface area (Å²) in [6.45, 7) is 7.03. The third-order valence-electron chi connectivity index (χ3n) is 8.01. The molecule has 1 atom stereocenters. The van der Waals surface area contributed by atoms with Gasteiger partial charge in [-0.05, 0) is 81.8 Å². The third kappa shape index (κ3) is 4.15. The summed E-state index contributed by atoms with van der Waals surface area (Å²) in [5.74, 6) is 3.74. The molecular weight excluding hydrogens is 402 g/mol. The molecule has 5 aliphatic rings. The lowest BCUT2D eigenvalue weighted by Crippen LogP contribution is -2.52. The highest BCUT2D eigenvalue weighted by molar-refractivity contribution is 8.14. The molecule has 31 heavy (non-hydrogen) atoms. The fourth-order valence-corrected chi connectivity index (χ4v) is 8.27. The maximum atomic E-state index is 12.8. The first-order chi connectivity index (χ1) is 15.0. The number of anilines is 1. The molecule has 6 rings (SSSR count). The molecule has 0 aromatic heterocycles. The zero-order valence-electron chi connectivity index (χ0n) is 19.3. The smallest absolute Gasteiger partial charge is 0.225 e. The second-order valence-electron chi connectivity index (χ2n) is 10.6. The molecule has 168 valence electrons. The number of rotatable bonds is 6. The van der Waals surface area contributed by atoms with E-state index < -0.39 is 0 Å². The zero-order valence-corrected chi connectivity index (χ0v) is 20.2. The minimum Gasteiger partial charge on any atom is -0.330 e. The average molecular weight is 440 g/mol. The molecule has 4 saturated carbocycles. The van der Waals surface area contributed by atoms with E-state index in [-0.39, 0.29) is 17.6 Å². The van der Waals surface area contributed by atoms with Gasteiger partial charge in [0.15, 0.2) is 5.17 Å². The summed E-state index contributed by atoms with van der Waals surface area (Å²) in [7, 11) is 0. The topological polar surface area (TPSA) is 35.9 Å². The lowest BCUT2D eigenvalue weighted by molar-refractivity contribution is -0.117. The van der Waals surface area contributed by atoms with Crippen molar-refractivity contribution in [1.29, 1.82) is 0 Å². The standard InChI is InChI=1S/C26H37N3OS/c1-4-5-10-28-24(29(19(3)30)23-8-6-18(2)7-9-23)17-31-25(28)27-26-14-20-11-21(15-26)13-22(12-20)16-26/h6-9,20-22,24H,4-5,10-17H2,1-3H3. The molecule has 1 unspecified atom stereocenters. The SMILES string of the molecule is CCCCN1C(=NC23CC4CC(CC(C4)C2)C3)SCC1N(C(C)=O)c1ccc(C)cc1. The van der Waals surface area contributed by atoms with E-state index in [2.05, 4.69) is 43.0 Å². The van der Waals surface area contributed by atoms with Crippen molar-refractivity contribution in [2.24, 2.45) is 22.7 Å². The number of hydrogen-bond donors (Lipinski definition) is 0. The van der Waals surface area contributed by atoms with Crippen LogP contribution in [0.1, 0.15) is 70.8 Å². The largest absolute Gasteiger partial charge is 0.330 e. The maximum absolute atomic E-state index is 12.8. The van der Waals surface area contributed by atoms with Gasteiger partial charge in [0, 0.05) is 24.9 Å². The lowest BCUT2D eigenvalue weighted by Gasteiger charge is -2.55. The number of carbonyl (C=O) groups is 1. The highest BCUT2D eigenvalue weighted by atomic mass is 32.2. The Morgan fingerprint density at radius 2 is 1.74 bits per heavy atom. The highest BCUT2D eigenvalue weighted by Crippen LogP contribution is 2.57. The van der Waals surface area contributed by atoms with Gasteiger partial charge in [-0.1, -0.05) is 42.8 Å². The van der Waals surface area contributed by atoms with E-state index in [1.807, 2.05) is 16.7 Å². The van der Waals surface area contributed by atoms with E-state index in [0.717, 1.165) is 48.6 Å². The molecule has 1 aliphatic heterocycles. The maximum Gasteiger partial charge on any atom is 0.225 e. The van der Waals surface area contributed by atoms with Crippen LogP contribution in [0.3, 0.4) is 0 Å². The van der Waals surface area contributed by atoms with Gasteiger partial charge in [-0.3, -0.25) is 14.7 Å². The molecule has 0 radical (unpaired) electrons. The van der Waals surface area contributed by atoms with Crippen LogP contribution in [0.5, 0.6) is 0 Å². The van der Waals surface area contributed by atoms with Gasteiger partial charge in [0.2, 0.25) is 5.91 Å². The molecule has 1 aromatic carbocycles. The Balaban J connectivity index is 1.45. The van der Waals surface area contributed by atoms with Crippen LogP contribution in [0.4, 0.5) is 5.69 Å². The number of carbonyl (C=O) groups excluding carboxylic acids is 1. The Bertz CT molecular complexity index is 813. The Hall–Kier alpha value is -1.49. The van der Waals surface area contributed by atoms with E-state index in [0.29, 0.717) is 0 Å². The normalized spacial score (nSPS) is 35.2. The number of hydrogen-bond acceptors (Lipinski definition) is 3. The van der Waals surface area contributed by atoms with Crippen LogP contribution >= 0.6 is 11.8 Å². The number of amidine groups is 1. The number of thioether (sulfide) groups is 1. The first kappa shape index (κ1) is 21.4. The molecule has 5 fully saturated rings. The van der Waals surface area contributed by atoms with Crippen LogP contribution in [0, 0.1) is 24.7 Å². The Kier molecular flexibility index (Phi) is 5.83. The van der Waals surface area contributed by atoms with Crippen molar-refractivity contribution in [2.45, 2.75) is 83.8 Å². The molecule has 1 heterocycles. The molecule has 5 heteroatoms. The summed E-state index contributed by atoms with van der Waals surface area (Å²) in [5.41, 5.74) is 2.41. The molecule has 0 spiro atoms. The molecule has 4 aliphatic carbocycles. The summed E-state index contributed by atoms with van der Waals surface area (Å²) in [4.78, 5) is 22.8. The van der Waals surface area contributed by atoms with Gasteiger partial charge in [-0.15, -0.1) is 0 Å². The predicted octanol–water partition coefficient (Wildman–Crippen LogP) is 5.85. The highest BCUT2D eigenvalue weighted by Gasteiger charge is 2.52. The number of nitrogens with zero attached hydrogens (tertiary/aromatic N) is 3. The first-order valence-electron chi connectivity index (χ1n) is 12.3. The quantitative estimate of drug-likeness (QED) is 0.558. The van der Waals surface area contributed by atoms with Crippen molar-refractivity contribution in [3.63, 3.8) is 0 Å². The van der Waals surface area contributed by atoms with Crippen molar-refractivity contribution < 1.29 is 4.79 Å². The van der Waals surface area contributed by atoms with Crippen LogP contribution in [-0.4, -0.2) is 40.0 Å². The Morgan fingerprint density at radius 1 is 1.13 bits per heavy atom. The molecule has 4 nitrogen and oxygen atoms in total. The van der Waals surface area contributed by atoms with Crippen LogP contribution in [0.2, 0.25) is 0 Å². The summed E-state index contributed by atoms with van der Waals surface area (Å²) in [5, 5.41) is 1.21. The van der Waals surface area contributed by atoms with Crippen molar-refractivity contribution in [3.8, 4) is 0 Å². The number of aryl methyl sites for hydroxylation is 1. The van der Waals surface area contributed by atoms with E-state index in [1.165, 1.54) is 49.3 Å². The number of amides is 1. The summed E-state index contributed by atoms with van der Waals surface area (Å²) >= 11 is 1.88. The van der Waals surface area contributed by atoms with Gasteiger partial charge in [-0.25, -0.2) is 0 Å². The Morgan fingerprint density at radius 3 is 2.29 bits per heavy atom. The minimum atomic E-state index is 0.0596. The average Bonchev–Trinajstić information content (AvgIpc) is 3.08. The van der Waals surface area contributed by atoms with Crippen molar-refractivity contribution in [2.75, 3.05) is 17.2 Å². The van der Waals surface area contributed by atoms with Gasteiger partial charge < -0.3 is 4.90 Å². The van der Waals surface area contributed by atoms with Gasteiger partial charge in [0.05, 0.1) is 5.54 Å². The minimum absolute atomic E-state index is 0.0596. The van der Waals surface area contributed by atoms with Gasteiger partial charge in [0.1, 0.15) is 6.17 Å². The van der Waals surface area contributed by atoms with Crippen LogP contribution in [-0.2, 0) is 4.79 Å². The fraction of sp³-hybridized carbons (Fsp3) is 0.692. The zero-order chi connectivity index (χ0) is 21.6. The second-order valence-corrected chi connectivity index (χ2v) is 11.6. The summed E-state index contributed by atoms with van der Waals surface area (Å²) in [6.07, 6.45) is 10.6. The predicted molar refractivity (Wildman–Crippen MR) is 131 cm³/mol. The van der Waals surface area contributed by atoms with E-state index in [1.54, 1.807) is 6.92 Å². The van der Waals surface area contributed by atoms with Crippen molar-refractivity contribution in [1.82, 2.24) is 4.90 Å². The second kappa shape index (κ2) is 8.46. The summed E-state index contributed by atoms with van der Waals surface area (Å²) in [6, 6.07) is 8.39. The first-order valence-corrected chi connectivity index (χ1v) is 13.3. The van der Waals surface area contributed by atoms with E-state index in [4.69, 9.17) is 4.99 Å². The number of unbranched alkanes of at least 4 members (excludes halogenated alkanes) is 1. The van der Waals surface area contributed by atoms with Crippen molar-refractivity contribution in [3.05, 3.63) is 29.8 Å². The van der Waals surface area contributed by atoms with Gasteiger partial charge in [-0.2, -0.15) is 0 Å². The monoisotopic (exact) mass is 439 g/mol. The van der Waals surface area contributed by atoms with Crippen molar-refractivity contribution >= 4 is 28.5 Å². The number of aliphatic imine (C=N–C) groups is 1. The van der Waals surface area contributed by atoms with Crippen LogP contribution < -0.4 is 4.90 Å². The van der Waals surface area contributed by atoms with E-state index >= 15 is 0 Å². The van der Waals surface area contributed by atoms with E-state index in [9.17, 15) is 4.79 Å². The molecule has 4 bridgehead atoms. The van der Waals surface area contributed by atoms with Gasteiger partial charge >= 0.3 is 0 Å². The molecule has 0 N–H and O–H groups in total.